The van der Waals surface area contributed by atoms with Gasteiger partial charge in [-0.3, -0.25) is 28.8 Å². The molecule has 0 saturated heterocycles. The SMILES string of the molecule is C[C@@H]1CCC[C@H](n2cnc(-c3c(N(N)/C=C(\N)Cl)ccc(Cl)c3F)cc2=O)c2cc(ccn2)-c2c(cnn2CCO)NC1=O. The van der Waals surface area contributed by atoms with Crippen molar-refractivity contribution < 1.29 is 14.3 Å². The van der Waals surface area contributed by atoms with Gasteiger partial charge in [-0.15, -0.1) is 0 Å². The van der Waals surface area contributed by atoms with E-state index >= 15 is 4.39 Å². The van der Waals surface area contributed by atoms with Gasteiger partial charge in [-0.25, -0.2) is 15.2 Å². The van der Waals surface area contributed by atoms with Crippen molar-refractivity contribution >= 4 is 40.5 Å². The molecule has 0 aliphatic carbocycles. The summed E-state index contributed by atoms with van der Waals surface area (Å²) in [5, 5.41) is 17.6. The summed E-state index contributed by atoms with van der Waals surface area (Å²) in [6, 6.07) is 7.00. The first-order valence-corrected chi connectivity index (χ1v) is 14.5. The number of benzene rings is 1. The van der Waals surface area contributed by atoms with Crippen LogP contribution in [0.3, 0.4) is 0 Å². The van der Waals surface area contributed by atoms with E-state index in [0.29, 0.717) is 41.9 Å². The number of anilines is 2. The Kier molecular flexibility index (Phi) is 9.30. The van der Waals surface area contributed by atoms with E-state index < -0.39 is 17.4 Å². The van der Waals surface area contributed by atoms with Crippen LogP contribution in [0.5, 0.6) is 0 Å². The molecule has 0 unspecified atom stereocenters. The summed E-state index contributed by atoms with van der Waals surface area (Å²) in [6.45, 7) is 1.89. The molecule has 3 aromatic heterocycles. The van der Waals surface area contributed by atoms with Gasteiger partial charge in [0, 0.05) is 23.7 Å². The van der Waals surface area contributed by atoms with Gasteiger partial charge in [0.05, 0.1) is 77.0 Å². The molecule has 12 nitrogen and oxygen atoms in total. The third kappa shape index (κ3) is 6.31. The number of hydrogen-bond acceptors (Lipinski definition) is 9. The lowest BCUT2D eigenvalue weighted by Crippen LogP contribution is -2.28. The molecular weight excluding hydrogens is 612 g/mol. The monoisotopic (exact) mass is 641 g/mol. The van der Waals surface area contributed by atoms with Crippen molar-refractivity contribution in [2.45, 2.75) is 38.8 Å². The third-order valence-electron chi connectivity index (χ3n) is 7.41. The summed E-state index contributed by atoms with van der Waals surface area (Å²) < 4.78 is 18.4. The van der Waals surface area contributed by atoms with Crippen molar-refractivity contribution in [2.75, 3.05) is 16.9 Å². The number of halogens is 3. The second kappa shape index (κ2) is 13.1. The fourth-order valence-corrected chi connectivity index (χ4v) is 5.50. The zero-order valence-corrected chi connectivity index (χ0v) is 25.1. The summed E-state index contributed by atoms with van der Waals surface area (Å²) in [4.78, 5) is 35.7. The average molecular weight is 643 g/mol. The Morgan fingerprint density at radius 3 is 2.77 bits per heavy atom. The van der Waals surface area contributed by atoms with Gasteiger partial charge in [-0.2, -0.15) is 5.10 Å². The van der Waals surface area contributed by atoms with Crippen molar-refractivity contribution in [3.8, 4) is 22.5 Å². The van der Waals surface area contributed by atoms with Crippen LogP contribution in [-0.2, 0) is 11.3 Å². The van der Waals surface area contributed by atoms with Crippen molar-refractivity contribution in [3.63, 3.8) is 0 Å². The molecule has 0 fully saturated rings. The Morgan fingerprint density at radius 2 is 2.05 bits per heavy atom. The summed E-state index contributed by atoms with van der Waals surface area (Å²) in [6.07, 6.45) is 7.27. The van der Waals surface area contributed by atoms with Crippen molar-refractivity contribution in [1.29, 1.82) is 0 Å². The van der Waals surface area contributed by atoms with E-state index in [0.717, 1.165) is 5.01 Å². The number of amides is 1. The molecular formula is C29H30Cl2FN9O3. The first-order chi connectivity index (χ1) is 21.1. The number of hydrazine groups is 1. The maximum absolute atomic E-state index is 15.4. The molecule has 1 aromatic carbocycles. The van der Waals surface area contributed by atoms with E-state index in [1.54, 1.807) is 23.1 Å². The Hall–Kier alpha value is -4.30. The molecule has 4 heterocycles. The fourth-order valence-electron chi connectivity index (χ4n) is 5.24. The van der Waals surface area contributed by atoms with E-state index in [2.05, 4.69) is 20.4 Å². The minimum atomic E-state index is -0.825. The number of carbonyl (C=O) groups excluding carboxylic acids is 1. The number of rotatable bonds is 6. The molecule has 0 spiro atoms. The van der Waals surface area contributed by atoms with Crippen LogP contribution in [0.4, 0.5) is 15.8 Å². The molecule has 1 aliphatic rings. The van der Waals surface area contributed by atoms with Crippen LogP contribution < -0.4 is 27.5 Å². The van der Waals surface area contributed by atoms with Crippen LogP contribution in [0.15, 0.2) is 65.2 Å². The zero-order chi connectivity index (χ0) is 31.5. The third-order valence-corrected chi connectivity index (χ3v) is 7.80. The minimum Gasteiger partial charge on any atom is -0.394 e. The van der Waals surface area contributed by atoms with Crippen LogP contribution in [0, 0.1) is 11.7 Å². The number of fused-ring (bicyclic) bond motifs is 4. The van der Waals surface area contributed by atoms with Crippen LogP contribution in [0.1, 0.15) is 37.9 Å². The number of aliphatic hydroxyl groups excluding tert-OH is 1. The van der Waals surface area contributed by atoms with Crippen molar-refractivity contribution in [3.05, 3.63) is 87.3 Å². The summed E-state index contributed by atoms with van der Waals surface area (Å²) in [5.74, 6) is 4.73. The Labute approximate surface area is 261 Å². The lowest BCUT2D eigenvalue weighted by atomic mass is 9.97. The topological polar surface area (TPSA) is 170 Å². The van der Waals surface area contributed by atoms with E-state index in [4.69, 9.17) is 34.8 Å². The molecule has 5 rings (SSSR count). The number of aromatic nitrogens is 5. The molecule has 44 heavy (non-hydrogen) atoms. The van der Waals surface area contributed by atoms with E-state index in [-0.39, 0.29) is 52.1 Å². The molecule has 6 N–H and O–H groups in total. The summed E-state index contributed by atoms with van der Waals surface area (Å²) in [7, 11) is 0. The molecule has 1 amide bonds. The van der Waals surface area contributed by atoms with E-state index in [1.165, 1.54) is 35.3 Å². The van der Waals surface area contributed by atoms with Gasteiger partial charge < -0.3 is 16.2 Å². The molecule has 2 atom stereocenters. The Bertz CT molecular complexity index is 1790. The Morgan fingerprint density at radius 1 is 1.25 bits per heavy atom. The standard InChI is InChI=1S/C29H30Cl2FN9O3/c1-16-3-2-4-22(19-11-17(7-8-35-19)28-21(38-29(16)44)13-37-41(28)9-10-42)39-15-36-20(12-25(39)43)26-23(40(34)14-24(31)33)6-5-18(30)27(26)32/h5-8,11-16,22,42H,2-4,9-10,33-34H2,1H3,(H,38,44)/b24-14-/t16-,22+/m1/s1. The number of aliphatic hydroxyl groups is 1. The maximum atomic E-state index is 15.4. The van der Waals surface area contributed by atoms with Crippen LogP contribution >= 0.6 is 23.2 Å². The predicted octanol–water partition coefficient (Wildman–Crippen LogP) is 3.98. The first kappa shape index (κ1) is 31.1. The number of carbonyl (C=O) groups is 1. The van der Waals surface area contributed by atoms with E-state index in [1.807, 2.05) is 13.0 Å². The smallest absolute Gasteiger partial charge is 0.254 e. The first-order valence-electron chi connectivity index (χ1n) is 13.8. The van der Waals surface area contributed by atoms with Gasteiger partial charge in [-0.1, -0.05) is 36.5 Å². The highest BCUT2D eigenvalue weighted by Crippen LogP contribution is 2.36. The second-order valence-electron chi connectivity index (χ2n) is 10.4. The lowest BCUT2D eigenvalue weighted by Gasteiger charge is -2.23. The van der Waals surface area contributed by atoms with Gasteiger partial charge >= 0.3 is 0 Å². The molecule has 0 saturated carbocycles. The van der Waals surface area contributed by atoms with Gasteiger partial charge in [-0.05, 0) is 37.1 Å². The van der Waals surface area contributed by atoms with Gasteiger partial charge in [0.15, 0.2) is 5.82 Å². The number of pyridine rings is 1. The second-order valence-corrected chi connectivity index (χ2v) is 11.2. The average Bonchev–Trinajstić information content (AvgIpc) is 3.38. The van der Waals surface area contributed by atoms with Gasteiger partial charge in [0.2, 0.25) is 5.91 Å². The molecule has 0 radical (unpaired) electrons. The number of hydrogen-bond donors (Lipinski definition) is 4. The largest absolute Gasteiger partial charge is 0.394 e. The van der Waals surface area contributed by atoms with Crippen LogP contribution in [0.2, 0.25) is 5.02 Å². The highest BCUT2D eigenvalue weighted by molar-refractivity contribution is 6.31. The number of nitrogens with one attached hydrogen (secondary N) is 1. The van der Waals surface area contributed by atoms with E-state index in [9.17, 15) is 14.7 Å². The summed E-state index contributed by atoms with van der Waals surface area (Å²) >= 11 is 11.8. The Balaban J connectivity index is 1.62. The summed E-state index contributed by atoms with van der Waals surface area (Å²) in [5.41, 5.74) is 7.45. The highest BCUT2D eigenvalue weighted by atomic mass is 35.5. The van der Waals surface area contributed by atoms with Crippen molar-refractivity contribution in [2.24, 2.45) is 17.5 Å². The van der Waals surface area contributed by atoms with Crippen LogP contribution in [0.25, 0.3) is 22.5 Å². The lowest BCUT2D eigenvalue weighted by molar-refractivity contribution is -0.119. The number of nitrogens with two attached hydrogens (primary N) is 2. The van der Waals surface area contributed by atoms with Crippen LogP contribution in [-0.4, -0.2) is 41.9 Å². The quantitative estimate of drug-likeness (QED) is 0.138. The predicted molar refractivity (Wildman–Crippen MR) is 166 cm³/mol. The number of nitrogens with zero attached hydrogens (tertiary/aromatic N) is 6. The minimum absolute atomic E-state index is 0.00375. The highest BCUT2D eigenvalue weighted by Gasteiger charge is 2.25. The molecule has 15 heteroatoms. The molecule has 1 aliphatic heterocycles. The molecule has 2 bridgehead atoms. The normalized spacial score (nSPS) is 17.3. The molecule has 4 aromatic rings. The maximum Gasteiger partial charge on any atom is 0.254 e. The van der Waals surface area contributed by atoms with Gasteiger partial charge in [0.1, 0.15) is 5.16 Å². The van der Waals surface area contributed by atoms with Crippen molar-refractivity contribution in [1.82, 2.24) is 24.3 Å². The zero-order valence-electron chi connectivity index (χ0n) is 23.6. The van der Waals surface area contributed by atoms with Gasteiger partial charge in [0.25, 0.3) is 5.56 Å². The molecule has 230 valence electrons. The fraction of sp³-hybridized carbons (Fsp3) is 0.276.